The van der Waals surface area contributed by atoms with Crippen LogP contribution in [0.1, 0.15) is 20.8 Å². The summed E-state index contributed by atoms with van der Waals surface area (Å²) in [6.07, 6.45) is 0.979. The molecule has 1 heterocycles. The Hall–Kier alpha value is -1.82. The lowest BCUT2D eigenvalue weighted by Crippen LogP contribution is -2.38. The van der Waals surface area contributed by atoms with Crippen LogP contribution in [-0.4, -0.2) is 42.0 Å². The standard InChI is InChI=1S/C13H20N2O4/c1-13(2,3)19-12(17)15(7-8-16)10-5-6-11(18-4)14-9-10/h5-6,9,16H,7-8H2,1-4H3. The second-order valence-electron chi connectivity index (χ2n) is 4.91. The fourth-order valence-corrected chi connectivity index (χ4v) is 1.40. The van der Waals surface area contributed by atoms with Crippen molar-refractivity contribution in [2.45, 2.75) is 26.4 Å². The van der Waals surface area contributed by atoms with Gasteiger partial charge in [0.1, 0.15) is 5.60 Å². The molecule has 0 saturated carbocycles. The van der Waals surface area contributed by atoms with Gasteiger partial charge in [-0.3, -0.25) is 4.90 Å². The Morgan fingerprint density at radius 1 is 1.42 bits per heavy atom. The van der Waals surface area contributed by atoms with Crippen LogP contribution in [0.5, 0.6) is 5.88 Å². The summed E-state index contributed by atoms with van der Waals surface area (Å²) in [7, 11) is 1.52. The van der Waals surface area contributed by atoms with E-state index in [2.05, 4.69) is 4.98 Å². The molecule has 0 aliphatic carbocycles. The Labute approximate surface area is 113 Å². The van der Waals surface area contributed by atoms with Crippen molar-refractivity contribution in [2.75, 3.05) is 25.2 Å². The van der Waals surface area contributed by atoms with Crippen molar-refractivity contribution < 1.29 is 19.4 Å². The van der Waals surface area contributed by atoms with Crippen LogP contribution in [0.4, 0.5) is 10.5 Å². The Morgan fingerprint density at radius 2 is 2.11 bits per heavy atom. The van der Waals surface area contributed by atoms with Crippen LogP contribution in [0.3, 0.4) is 0 Å². The number of rotatable bonds is 4. The minimum atomic E-state index is -0.593. The van der Waals surface area contributed by atoms with E-state index < -0.39 is 11.7 Å². The molecule has 0 atom stereocenters. The summed E-state index contributed by atoms with van der Waals surface area (Å²) in [4.78, 5) is 17.4. The number of methoxy groups -OCH3 is 1. The maximum atomic E-state index is 12.0. The number of pyridine rings is 1. The molecule has 0 aliphatic heterocycles. The van der Waals surface area contributed by atoms with Crippen molar-refractivity contribution in [3.63, 3.8) is 0 Å². The van der Waals surface area contributed by atoms with Gasteiger partial charge in [0.15, 0.2) is 0 Å². The van der Waals surface area contributed by atoms with Crippen LogP contribution in [0, 0.1) is 0 Å². The highest BCUT2D eigenvalue weighted by Gasteiger charge is 2.23. The highest BCUT2D eigenvalue weighted by molar-refractivity contribution is 5.87. The first kappa shape index (κ1) is 15.2. The van der Waals surface area contributed by atoms with Gasteiger partial charge in [0, 0.05) is 6.07 Å². The molecule has 19 heavy (non-hydrogen) atoms. The maximum absolute atomic E-state index is 12.0. The first-order chi connectivity index (χ1) is 8.87. The number of carbonyl (C=O) groups excluding carboxylic acids is 1. The zero-order valence-corrected chi connectivity index (χ0v) is 11.7. The van der Waals surface area contributed by atoms with Crippen molar-refractivity contribution in [2.24, 2.45) is 0 Å². The summed E-state index contributed by atoms with van der Waals surface area (Å²) in [5, 5.41) is 9.05. The molecule has 6 nitrogen and oxygen atoms in total. The van der Waals surface area contributed by atoms with Gasteiger partial charge in [-0.05, 0) is 26.8 Å². The molecule has 1 aromatic heterocycles. The predicted molar refractivity (Wildman–Crippen MR) is 71.5 cm³/mol. The number of aliphatic hydroxyl groups excluding tert-OH is 1. The minimum Gasteiger partial charge on any atom is -0.481 e. The van der Waals surface area contributed by atoms with Crippen LogP contribution in [0.25, 0.3) is 0 Å². The van der Waals surface area contributed by atoms with E-state index in [1.54, 1.807) is 32.9 Å². The largest absolute Gasteiger partial charge is 0.481 e. The molecule has 106 valence electrons. The van der Waals surface area contributed by atoms with Gasteiger partial charge in [-0.2, -0.15) is 0 Å². The third-order valence-corrected chi connectivity index (χ3v) is 2.18. The number of aliphatic hydroxyl groups is 1. The average Bonchev–Trinajstić information content (AvgIpc) is 2.34. The second-order valence-corrected chi connectivity index (χ2v) is 4.91. The van der Waals surface area contributed by atoms with E-state index in [0.29, 0.717) is 11.6 Å². The highest BCUT2D eigenvalue weighted by Crippen LogP contribution is 2.19. The smallest absolute Gasteiger partial charge is 0.414 e. The number of amides is 1. The summed E-state index contributed by atoms with van der Waals surface area (Å²) in [5.41, 5.74) is -0.0471. The van der Waals surface area contributed by atoms with Crippen LogP contribution in [0.2, 0.25) is 0 Å². The number of ether oxygens (including phenoxy) is 2. The molecule has 6 heteroatoms. The van der Waals surface area contributed by atoms with Crippen LogP contribution >= 0.6 is 0 Å². The van der Waals surface area contributed by atoms with Crippen molar-refractivity contribution in [1.82, 2.24) is 4.98 Å². The van der Waals surface area contributed by atoms with Gasteiger partial charge >= 0.3 is 6.09 Å². The lowest BCUT2D eigenvalue weighted by Gasteiger charge is -2.26. The molecular formula is C13H20N2O4. The Kier molecular flexibility index (Phi) is 5.11. The van der Waals surface area contributed by atoms with Gasteiger partial charge in [0.05, 0.1) is 32.1 Å². The average molecular weight is 268 g/mol. The quantitative estimate of drug-likeness (QED) is 0.901. The van der Waals surface area contributed by atoms with Crippen LogP contribution in [0.15, 0.2) is 18.3 Å². The molecule has 1 N–H and O–H groups in total. The first-order valence-corrected chi connectivity index (χ1v) is 5.99. The lowest BCUT2D eigenvalue weighted by molar-refractivity contribution is 0.0573. The third kappa shape index (κ3) is 4.75. The number of hydrogen-bond donors (Lipinski definition) is 1. The van der Waals surface area contributed by atoms with Gasteiger partial charge < -0.3 is 14.6 Å². The van der Waals surface area contributed by atoms with E-state index in [9.17, 15) is 4.79 Å². The predicted octanol–water partition coefficient (Wildman–Crippen LogP) is 1.82. The van der Waals surface area contributed by atoms with Crippen molar-refractivity contribution >= 4 is 11.8 Å². The molecule has 1 aromatic rings. The summed E-state index contributed by atoms with van der Waals surface area (Å²) in [6.45, 7) is 5.34. The molecule has 0 bridgehead atoms. The Morgan fingerprint density at radius 3 is 2.53 bits per heavy atom. The SMILES string of the molecule is COc1ccc(N(CCO)C(=O)OC(C)(C)C)cn1. The fourth-order valence-electron chi connectivity index (χ4n) is 1.40. The van der Waals surface area contributed by atoms with E-state index in [4.69, 9.17) is 14.6 Å². The monoisotopic (exact) mass is 268 g/mol. The summed E-state index contributed by atoms with van der Waals surface area (Å²) < 4.78 is 10.2. The van der Waals surface area contributed by atoms with Gasteiger partial charge in [0.2, 0.25) is 5.88 Å². The van der Waals surface area contributed by atoms with Crippen LogP contribution < -0.4 is 9.64 Å². The molecule has 0 radical (unpaired) electrons. The van der Waals surface area contributed by atoms with E-state index in [0.717, 1.165) is 0 Å². The summed E-state index contributed by atoms with van der Waals surface area (Å²) in [5.74, 6) is 0.455. The second kappa shape index (κ2) is 6.38. The molecule has 0 spiro atoms. The number of aromatic nitrogens is 1. The van der Waals surface area contributed by atoms with Gasteiger partial charge in [-0.25, -0.2) is 9.78 Å². The van der Waals surface area contributed by atoms with Crippen molar-refractivity contribution in [3.05, 3.63) is 18.3 Å². The molecule has 1 amide bonds. The van der Waals surface area contributed by atoms with E-state index in [1.165, 1.54) is 18.2 Å². The van der Waals surface area contributed by atoms with E-state index >= 15 is 0 Å². The first-order valence-electron chi connectivity index (χ1n) is 5.99. The topological polar surface area (TPSA) is 71.9 Å². The highest BCUT2D eigenvalue weighted by atomic mass is 16.6. The molecule has 0 saturated heterocycles. The number of anilines is 1. The van der Waals surface area contributed by atoms with E-state index in [-0.39, 0.29) is 13.2 Å². The summed E-state index contributed by atoms with van der Waals surface area (Å²) in [6, 6.07) is 3.33. The molecule has 0 aromatic carbocycles. The van der Waals surface area contributed by atoms with Crippen LogP contribution in [-0.2, 0) is 4.74 Å². The molecule has 0 fully saturated rings. The molecular weight excluding hydrogens is 248 g/mol. The minimum absolute atomic E-state index is 0.142. The Bertz CT molecular complexity index is 412. The molecule has 0 aliphatic rings. The third-order valence-electron chi connectivity index (χ3n) is 2.18. The fraction of sp³-hybridized carbons (Fsp3) is 0.538. The number of hydrogen-bond acceptors (Lipinski definition) is 5. The normalized spacial score (nSPS) is 11.0. The van der Waals surface area contributed by atoms with Gasteiger partial charge in [-0.15, -0.1) is 0 Å². The zero-order chi connectivity index (χ0) is 14.5. The number of nitrogens with zero attached hydrogens (tertiary/aromatic N) is 2. The lowest BCUT2D eigenvalue weighted by atomic mass is 10.2. The number of carbonyl (C=O) groups is 1. The van der Waals surface area contributed by atoms with Crippen molar-refractivity contribution in [3.8, 4) is 5.88 Å². The molecule has 0 unspecified atom stereocenters. The van der Waals surface area contributed by atoms with E-state index in [1.807, 2.05) is 0 Å². The Balaban J connectivity index is 2.89. The van der Waals surface area contributed by atoms with Crippen molar-refractivity contribution in [1.29, 1.82) is 0 Å². The summed E-state index contributed by atoms with van der Waals surface area (Å²) >= 11 is 0. The molecule has 1 rings (SSSR count). The van der Waals surface area contributed by atoms with Gasteiger partial charge in [-0.1, -0.05) is 0 Å². The zero-order valence-electron chi connectivity index (χ0n) is 11.7. The van der Waals surface area contributed by atoms with Gasteiger partial charge in [0.25, 0.3) is 0 Å². The maximum Gasteiger partial charge on any atom is 0.414 e.